The average molecular weight is 430 g/mol. The third-order valence-electron chi connectivity index (χ3n) is 5.36. The predicted octanol–water partition coefficient (Wildman–Crippen LogP) is 3.84. The van der Waals surface area contributed by atoms with Crippen LogP contribution >= 0.6 is 0 Å². The molecular formula is C22H27N3O4S. The van der Waals surface area contributed by atoms with Crippen molar-refractivity contribution < 1.29 is 13.2 Å². The van der Waals surface area contributed by atoms with Gasteiger partial charge >= 0.3 is 0 Å². The fraction of sp³-hybridized carbons (Fsp3) is 0.409. The van der Waals surface area contributed by atoms with Crippen molar-refractivity contribution in [3.8, 4) is 16.9 Å². The molecule has 1 saturated carbocycles. The smallest absolute Gasteiger partial charge is 0.255 e. The molecule has 0 N–H and O–H groups in total. The van der Waals surface area contributed by atoms with Crippen molar-refractivity contribution >= 4 is 28.6 Å². The number of ether oxygens (including phenoxy) is 1. The zero-order valence-electron chi connectivity index (χ0n) is 17.6. The van der Waals surface area contributed by atoms with Gasteiger partial charge in [-0.25, -0.2) is 13.4 Å². The molecule has 0 saturated heterocycles. The fourth-order valence-corrected chi connectivity index (χ4v) is 4.41. The molecule has 1 heterocycles. The summed E-state index contributed by atoms with van der Waals surface area (Å²) in [6.45, 7) is 5.09. The van der Waals surface area contributed by atoms with E-state index in [1.54, 1.807) is 38.4 Å². The lowest BCUT2D eigenvalue weighted by Gasteiger charge is -2.25. The van der Waals surface area contributed by atoms with Crippen molar-refractivity contribution in [3.63, 3.8) is 0 Å². The number of rotatable bonds is 6. The van der Waals surface area contributed by atoms with Crippen LogP contribution < -0.4 is 10.3 Å². The Bertz CT molecular complexity index is 1140. The lowest BCUT2D eigenvalue weighted by atomic mass is 9.97. The van der Waals surface area contributed by atoms with Crippen LogP contribution in [-0.4, -0.2) is 38.4 Å². The summed E-state index contributed by atoms with van der Waals surface area (Å²) in [4.78, 5) is 20.6. The van der Waals surface area contributed by atoms with Crippen molar-refractivity contribution in [2.45, 2.75) is 50.0 Å². The largest absolute Gasteiger partial charge is 0.490 e. The minimum atomic E-state index is -3.43. The van der Waals surface area contributed by atoms with Gasteiger partial charge < -0.3 is 9.30 Å². The third kappa shape index (κ3) is 4.70. The van der Waals surface area contributed by atoms with Gasteiger partial charge in [0.1, 0.15) is 12.1 Å². The first-order valence-corrected chi connectivity index (χ1v) is 11.8. The number of nitrogens with zero attached hydrogens (tertiary/aromatic N) is 3. The normalized spacial score (nSPS) is 15.4. The second kappa shape index (κ2) is 8.95. The van der Waals surface area contributed by atoms with E-state index in [1.165, 1.54) is 23.6 Å². The second-order valence-corrected chi connectivity index (χ2v) is 9.68. The standard InChI is InChI=1S/C22H27N3O4S/c1-15-21(24-14-23-2)19(13-25(3)22(15)26)18-12-17(30(4,27)28)10-11-20(18)29-16-8-6-5-7-9-16/h10-14,16H,2,5-9H2,1,3-4H3. The fourth-order valence-electron chi connectivity index (χ4n) is 3.76. The topological polar surface area (TPSA) is 90.1 Å². The minimum Gasteiger partial charge on any atom is -0.490 e. The van der Waals surface area contributed by atoms with E-state index in [-0.39, 0.29) is 16.6 Å². The van der Waals surface area contributed by atoms with Crippen LogP contribution in [0.25, 0.3) is 11.1 Å². The number of aliphatic imine (C=N–C) groups is 2. The molecule has 0 atom stereocenters. The van der Waals surface area contributed by atoms with E-state index in [4.69, 9.17) is 4.74 Å². The molecule has 1 aliphatic rings. The van der Waals surface area contributed by atoms with Crippen molar-refractivity contribution in [1.29, 1.82) is 0 Å². The highest BCUT2D eigenvalue weighted by Gasteiger charge is 2.22. The number of hydrogen-bond donors (Lipinski definition) is 0. The highest BCUT2D eigenvalue weighted by atomic mass is 32.2. The molecule has 160 valence electrons. The van der Waals surface area contributed by atoms with Gasteiger partial charge in [-0.3, -0.25) is 9.79 Å². The maximum atomic E-state index is 12.5. The zero-order chi connectivity index (χ0) is 21.9. The highest BCUT2D eigenvalue weighted by Crippen LogP contribution is 2.40. The van der Waals surface area contributed by atoms with Crippen LogP contribution in [0.1, 0.15) is 37.7 Å². The Kier molecular flexibility index (Phi) is 6.55. The quantitative estimate of drug-likeness (QED) is 0.515. The molecular weight excluding hydrogens is 402 g/mol. The Morgan fingerprint density at radius 2 is 1.90 bits per heavy atom. The minimum absolute atomic E-state index is 0.0806. The summed E-state index contributed by atoms with van der Waals surface area (Å²) >= 11 is 0. The molecule has 0 aliphatic heterocycles. The number of sulfone groups is 1. The van der Waals surface area contributed by atoms with Gasteiger partial charge in [0.15, 0.2) is 9.84 Å². The lowest BCUT2D eigenvalue weighted by Crippen LogP contribution is -2.21. The van der Waals surface area contributed by atoms with Gasteiger partial charge in [0, 0.05) is 36.2 Å². The molecule has 0 radical (unpaired) electrons. The Morgan fingerprint density at radius 3 is 2.53 bits per heavy atom. The Hall–Kier alpha value is -2.74. The van der Waals surface area contributed by atoms with Gasteiger partial charge in [0.2, 0.25) is 0 Å². The molecule has 7 nitrogen and oxygen atoms in total. The van der Waals surface area contributed by atoms with Crippen molar-refractivity contribution in [1.82, 2.24) is 4.57 Å². The molecule has 2 aromatic rings. The molecule has 1 fully saturated rings. The van der Waals surface area contributed by atoms with E-state index in [1.807, 2.05) is 0 Å². The van der Waals surface area contributed by atoms with Crippen LogP contribution in [0.4, 0.5) is 5.69 Å². The molecule has 30 heavy (non-hydrogen) atoms. The molecule has 8 heteroatoms. The summed E-state index contributed by atoms with van der Waals surface area (Å²) in [7, 11) is -1.78. The summed E-state index contributed by atoms with van der Waals surface area (Å²) in [5, 5.41) is 0. The molecule has 0 unspecified atom stereocenters. The summed E-state index contributed by atoms with van der Waals surface area (Å²) < 4.78 is 32.2. The van der Waals surface area contributed by atoms with Crippen LogP contribution in [-0.2, 0) is 16.9 Å². The van der Waals surface area contributed by atoms with Crippen LogP contribution in [0.3, 0.4) is 0 Å². The van der Waals surface area contributed by atoms with Crippen LogP contribution in [0, 0.1) is 6.92 Å². The molecule has 3 rings (SSSR count). The SMILES string of the molecule is C=NC=Nc1c(-c2cc(S(C)(=O)=O)ccc2OC2CCCCC2)cn(C)c(=O)c1C. The molecule has 1 aliphatic carbocycles. The molecule has 0 bridgehead atoms. The third-order valence-corrected chi connectivity index (χ3v) is 6.47. The first kappa shape index (κ1) is 22.0. The highest BCUT2D eigenvalue weighted by molar-refractivity contribution is 7.90. The van der Waals surface area contributed by atoms with Gasteiger partial charge in [0.05, 0.1) is 16.7 Å². The predicted molar refractivity (Wildman–Crippen MR) is 120 cm³/mol. The first-order valence-electron chi connectivity index (χ1n) is 9.92. The number of benzene rings is 1. The summed E-state index contributed by atoms with van der Waals surface area (Å²) in [6.07, 6.45) is 9.52. The van der Waals surface area contributed by atoms with Gasteiger partial charge in [-0.1, -0.05) is 6.42 Å². The number of aromatic nitrogens is 1. The maximum Gasteiger partial charge on any atom is 0.255 e. The summed E-state index contributed by atoms with van der Waals surface area (Å²) in [5.41, 5.74) is 1.85. The van der Waals surface area contributed by atoms with Crippen LogP contribution in [0.2, 0.25) is 0 Å². The van der Waals surface area contributed by atoms with Gasteiger partial charge in [-0.15, -0.1) is 0 Å². The second-order valence-electron chi connectivity index (χ2n) is 7.67. The van der Waals surface area contributed by atoms with E-state index in [0.717, 1.165) is 25.7 Å². The number of hydrogen-bond acceptors (Lipinski definition) is 5. The van der Waals surface area contributed by atoms with E-state index >= 15 is 0 Å². The van der Waals surface area contributed by atoms with E-state index in [9.17, 15) is 13.2 Å². The molecule has 1 aromatic carbocycles. The van der Waals surface area contributed by atoms with E-state index in [0.29, 0.717) is 28.1 Å². The lowest BCUT2D eigenvalue weighted by molar-refractivity contribution is 0.155. The van der Waals surface area contributed by atoms with E-state index in [2.05, 4.69) is 16.7 Å². The van der Waals surface area contributed by atoms with Crippen molar-refractivity contribution in [2.75, 3.05) is 6.26 Å². The van der Waals surface area contributed by atoms with Crippen molar-refractivity contribution in [3.05, 3.63) is 40.3 Å². The number of pyridine rings is 1. The van der Waals surface area contributed by atoms with Crippen LogP contribution in [0.5, 0.6) is 5.75 Å². The Morgan fingerprint density at radius 1 is 1.20 bits per heavy atom. The first-order chi connectivity index (χ1) is 14.2. The maximum absolute atomic E-state index is 12.5. The van der Waals surface area contributed by atoms with Gasteiger partial charge in [0.25, 0.3) is 5.56 Å². The van der Waals surface area contributed by atoms with Gasteiger partial charge in [-0.2, -0.15) is 0 Å². The zero-order valence-corrected chi connectivity index (χ0v) is 18.4. The Labute approximate surface area is 177 Å². The van der Waals surface area contributed by atoms with Crippen LogP contribution in [0.15, 0.2) is 44.1 Å². The summed E-state index contributed by atoms with van der Waals surface area (Å²) in [5.74, 6) is 0.579. The monoisotopic (exact) mass is 429 g/mol. The molecule has 0 spiro atoms. The Balaban J connectivity index is 2.25. The summed E-state index contributed by atoms with van der Waals surface area (Å²) in [6, 6.07) is 4.84. The molecule has 0 amide bonds. The van der Waals surface area contributed by atoms with E-state index < -0.39 is 9.84 Å². The average Bonchev–Trinajstić information content (AvgIpc) is 2.71. The van der Waals surface area contributed by atoms with Crippen molar-refractivity contribution in [2.24, 2.45) is 17.0 Å². The number of aryl methyl sites for hydroxylation is 1. The molecule has 1 aromatic heterocycles. The van der Waals surface area contributed by atoms with Gasteiger partial charge in [-0.05, 0) is 57.5 Å².